The fourth-order valence-electron chi connectivity index (χ4n) is 4.16. The minimum Gasteiger partial charge on any atom is -0.309 e. The number of nitriles is 1. The Labute approximate surface area is 135 Å². The summed E-state index contributed by atoms with van der Waals surface area (Å²) >= 11 is 0. The van der Waals surface area contributed by atoms with Crippen molar-refractivity contribution in [1.29, 1.82) is 5.26 Å². The van der Waals surface area contributed by atoms with E-state index in [4.69, 9.17) is 5.26 Å². The summed E-state index contributed by atoms with van der Waals surface area (Å²) in [7, 11) is 0. The Hall–Kier alpha value is -2.56. The molecule has 0 radical (unpaired) electrons. The van der Waals surface area contributed by atoms with Gasteiger partial charge < -0.3 is 4.90 Å². The van der Waals surface area contributed by atoms with Crippen molar-refractivity contribution in [2.45, 2.75) is 37.5 Å². The van der Waals surface area contributed by atoms with Gasteiger partial charge in [-0.05, 0) is 43.4 Å². The topological polar surface area (TPSA) is 64.4 Å². The standard InChI is InChI=1S/C16H12F3N3O2/c17-16(18,19)12-6-11(4-2-9(12)7-20)22-14(23)13-8-1-3-10(5-8)21(13)15(22)24/h2,4,6,8,10,13H,1,3,5H2/t8-,10+,13-/m1/s1. The highest BCUT2D eigenvalue weighted by atomic mass is 19.4. The first-order valence-electron chi connectivity index (χ1n) is 7.60. The van der Waals surface area contributed by atoms with E-state index >= 15 is 0 Å². The fraction of sp³-hybridized carbons (Fsp3) is 0.438. The minimum absolute atomic E-state index is 0.00178. The van der Waals surface area contributed by atoms with E-state index in [2.05, 4.69) is 0 Å². The predicted octanol–water partition coefficient (Wildman–Crippen LogP) is 2.90. The van der Waals surface area contributed by atoms with Crippen LogP contribution in [-0.2, 0) is 11.0 Å². The Balaban J connectivity index is 1.76. The number of alkyl halides is 3. The van der Waals surface area contributed by atoms with Gasteiger partial charge in [-0.25, -0.2) is 9.69 Å². The van der Waals surface area contributed by atoms with Gasteiger partial charge in [0.1, 0.15) is 6.04 Å². The van der Waals surface area contributed by atoms with Crippen LogP contribution in [0.5, 0.6) is 0 Å². The van der Waals surface area contributed by atoms with Crippen molar-refractivity contribution in [2.24, 2.45) is 5.92 Å². The lowest BCUT2D eigenvalue weighted by Gasteiger charge is -2.25. The molecular weight excluding hydrogens is 323 g/mol. The number of carbonyl (C=O) groups excluding carboxylic acids is 2. The van der Waals surface area contributed by atoms with E-state index in [-0.39, 0.29) is 17.6 Å². The third-order valence-electron chi connectivity index (χ3n) is 5.16. The van der Waals surface area contributed by atoms with E-state index in [0.29, 0.717) is 6.07 Å². The number of piperidine rings is 1. The number of benzene rings is 1. The lowest BCUT2D eigenvalue weighted by molar-refractivity contribution is -0.137. The smallest absolute Gasteiger partial charge is 0.309 e. The summed E-state index contributed by atoms with van der Waals surface area (Å²) in [6.45, 7) is 0. The summed E-state index contributed by atoms with van der Waals surface area (Å²) in [5.41, 5.74) is -1.81. The van der Waals surface area contributed by atoms with Gasteiger partial charge in [0.25, 0.3) is 5.91 Å². The van der Waals surface area contributed by atoms with Gasteiger partial charge in [-0.3, -0.25) is 4.79 Å². The number of carbonyl (C=O) groups is 2. The highest BCUT2D eigenvalue weighted by molar-refractivity contribution is 6.22. The van der Waals surface area contributed by atoms with Gasteiger partial charge in [0.05, 0.1) is 22.9 Å². The lowest BCUT2D eigenvalue weighted by atomic mass is 9.99. The molecule has 0 spiro atoms. The number of anilines is 1. The molecule has 3 amide bonds. The van der Waals surface area contributed by atoms with Crippen molar-refractivity contribution >= 4 is 17.6 Å². The van der Waals surface area contributed by atoms with Gasteiger partial charge in [-0.15, -0.1) is 0 Å². The number of hydrogen-bond donors (Lipinski definition) is 0. The zero-order chi connectivity index (χ0) is 17.2. The SMILES string of the molecule is N#Cc1ccc(N2C(=O)[C@H]3[C@@H]4CC[C@@H](C4)N3C2=O)cc1C(F)(F)F. The van der Waals surface area contributed by atoms with Crippen LogP contribution in [0.3, 0.4) is 0 Å². The molecule has 2 bridgehead atoms. The van der Waals surface area contributed by atoms with Gasteiger partial charge in [0.2, 0.25) is 0 Å². The fourth-order valence-corrected chi connectivity index (χ4v) is 4.16. The number of imide groups is 1. The second kappa shape index (κ2) is 4.72. The molecule has 1 aromatic carbocycles. The van der Waals surface area contributed by atoms with Crippen LogP contribution >= 0.6 is 0 Å². The quantitative estimate of drug-likeness (QED) is 0.741. The molecule has 0 aromatic heterocycles. The molecule has 8 heteroatoms. The molecule has 4 rings (SSSR count). The molecule has 0 unspecified atom stereocenters. The third kappa shape index (κ3) is 1.87. The van der Waals surface area contributed by atoms with Crippen LogP contribution in [0.4, 0.5) is 23.7 Å². The maximum atomic E-state index is 13.1. The molecule has 3 fully saturated rings. The molecule has 1 aromatic rings. The van der Waals surface area contributed by atoms with Gasteiger partial charge >= 0.3 is 12.2 Å². The van der Waals surface area contributed by atoms with E-state index in [9.17, 15) is 22.8 Å². The summed E-state index contributed by atoms with van der Waals surface area (Å²) in [5, 5.41) is 8.85. The number of rotatable bonds is 1. The van der Waals surface area contributed by atoms with Crippen molar-refractivity contribution < 1.29 is 22.8 Å². The molecule has 5 nitrogen and oxygen atoms in total. The Morgan fingerprint density at radius 3 is 2.58 bits per heavy atom. The van der Waals surface area contributed by atoms with Crippen LogP contribution in [0.1, 0.15) is 30.4 Å². The van der Waals surface area contributed by atoms with Crippen LogP contribution in [0.25, 0.3) is 0 Å². The Morgan fingerprint density at radius 2 is 1.96 bits per heavy atom. The number of amides is 3. The first-order chi connectivity index (χ1) is 11.3. The summed E-state index contributed by atoms with van der Waals surface area (Å²) in [6.07, 6.45) is -2.26. The van der Waals surface area contributed by atoms with Crippen LogP contribution in [0.15, 0.2) is 18.2 Å². The van der Waals surface area contributed by atoms with Gasteiger partial charge in [0.15, 0.2) is 0 Å². The average molecular weight is 335 g/mol. The molecule has 1 aliphatic carbocycles. The lowest BCUT2D eigenvalue weighted by Crippen LogP contribution is -2.40. The highest BCUT2D eigenvalue weighted by Gasteiger charge is 2.59. The number of nitrogens with zero attached hydrogens (tertiary/aromatic N) is 3. The van der Waals surface area contributed by atoms with Gasteiger partial charge in [-0.2, -0.15) is 18.4 Å². The van der Waals surface area contributed by atoms with Crippen LogP contribution in [-0.4, -0.2) is 28.9 Å². The van der Waals surface area contributed by atoms with Gasteiger partial charge in [0, 0.05) is 6.04 Å². The number of hydrogen-bond acceptors (Lipinski definition) is 3. The number of fused-ring (bicyclic) bond motifs is 5. The van der Waals surface area contributed by atoms with Crippen molar-refractivity contribution in [1.82, 2.24) is 4.90 Å². The Morgan fingerprint density at radius 1 is 1.21 bits per heavy atom. The van der Waals surface area contributed by atoms with E-state index in [1.807, 2.05) is 0 Å². The van der Waals surface area contributed by atoms with E-state index in [0.717, 1.165) is 30.2 Å². The van der Waals surface area contributed by atoms with Crippen molar-refractivity contribution in [3.8, 4) is 6.07 Å². The normalized spacial score (nSPS) is 28.5. The highest BCUT2D eigenvalue weighted by Crippen LogP contribution is 2.47. The molecule has 2 heterocycles. The van der Waals surface area contributed by atoms with Crippen LogP contribution in [0.2, 0.25) is 0 Å². The molecule has 24 heavy (non-hydrogen) atoms. The zero-order valence-corrected chi connectivity index (χ0v) is 12.4. The minimum atomic E-state index is -4.73. The summed E-state index contributed by atoms with van der Waals surface area (Å²) < 4.78 is 39.3. The molecule has 3 aliphatic rings. The molecule has 124 valence electrons. The third-order valence-corrected chi connectivity index (χ3v) is 5.16. The summed E-state index contributed by atoms with van der Waals surface area (Å²) in [6, 6.07) is 3.29. The zero-order valence-electron chi connectivity index (χ0n) is 12.4. The van der Waals surface area contributed by atoms with Crippen LogP contribution in [0, 0.1) is 17.2 Å². The molecule has 2 saturated heterocycles. The predicted molar refractivity (Wildman–Crippen MR) is 75.8 cm³/mol. The second-order valence-electron chi connectivity index (χ2n) is 6.37. The average Bonchev–Trinajstić information content (AvgIpc) is 3.20. The molecule has 3 atom stereocenters. The van der Waals surface area contributed by atoms with Gasteiger partial charge in [-0.1, -0.05) is 0 Å². The molecule has 2 aliphatic heterocycles. The molecule has 0 N–H and O–H groups in total. The maximum absolute atomic E-state index is 13.1. The summed E-state index contributed by atoms with van der Waals surface area (Å²) in [4.78, 5) is 27.5. The van der Waals surface area contributed by atoms with E-state index in [1.165, 1.54) is 17.0 Å². The van der Waals surface area contributed by atoms with Crippen molar-refractivity contribution in [2.75, 3.05) is 4.90 Å². The van der Waals surface area contributed by atoms with Crippen molar-refractivity contribution in [3.05, 3.63) is 29.3 Å². The monoisotopic (exact) mass is 335 g/mol. The summed E-state index contributed by atoms with van der Waals surface area (Å²) in [5.74, 6) is -0.373. The Bertz CT molecular complexity index is 771. The van der Waals surface area contributed by atoms with Crippen molar-refractivity contribution in [3.63, 3.8) is 0 Å². The van der Waals surface area contributed by atoms with E-state index in [1.54, 1.807) is 0 Å². The second-order valence-corrected chi connectivity index (χ2v) is 6.37. The number of halogens is 3. The first-order valence-corrected chi connectivity index (χ1v) is 7.60. The Kier molecular flexibility index (Phi) is 2.95. The van der Waals surface area contributed by atoms with E-state index < -0.39 is 35.3 Å². The number of urea groups is 1. The first kappa shape index (κ1) is 15.0. The maximum Gasteiger partial charge on any atom is 0.417 e. The molecule has 1 saturated carbocycles. The van der Waals surface area contributed by atoms with Crippen LogP contribution < -0.4 is 4.90 Å². The largest absolute Gasteiger partial charge is 0.417 e. The molecular formula is C16H12F3N3O2.